The van der Waals surface area contributed by atoms with Gasteiger partial charge in [0.15, 0.2) is 5.13 Å². The summed E-state index contributed by atoms with van der Waals surface area (Å²) in [5.41, 5.74) is 2.66. The first kappa shape index (κ1) is 22.5. The monoisotopic (exact) mass is 472 g/mol. The third-order valence-corrected chi connectivity index (χ3v) is 7.48. The van der Waals surface area contributed by atoms with Gasteiger partial charge in [0.05, 0.1) is 11.6 Å². The molecule has 0 spiro atoms. The van der Waals surface area contributed by atoms with Crippen molar-refractivity contribution in [1.29, 1.82) is 0 Å². The lowest BCUT2D eigenvalue weighted by Gasteiger charge is -2.35. The molecule has 2 aromatic carbocycles. The van der Waals surface area contributed by atoms with E-state index in [2.05, 4.69) is 39.5 Å². The average Bonchev–Trinajstić information content (AvgIpc) is 3.45. The molecule has 0 radical (unpaired) electrons. The van der Waals surface area contributed by atoms with Crippen molar-refractivity contribution in [3.63, 3.8) is 0 Å². The molecular weight excluding hydrogens is 444 g/mol. The standard InChI is InChI=1S/C27H28N4O2S/c32-25(21-11-5-2-6-12-21)29-27-28-24-22(13-14-23(24)34-27)26(33)31-18-16-30(17-19-31)15-7-10-20-8-3-1-4-9-20/h1-12,22H,13-19H2,(H,28,29,32)/b10-7+. The number of nitrogens with one attached hydrogen (secondary N) is 1. The number of carbonyl (C=O) groups excluding carboxylic acids is 2. The van der Waals surface area contributed by atoms with Crippen LogP contribution in [0.5, 0.6) is 0 Å². The van der Waals surface area contributed by atoms with E-state index in [1.165, 1.54) is 16.9 Å². The van der Waals surface area contributed by atoms with Crippen LogP contribution < -0.4 is 5.32 Å². The predicted octanol–water partition coefficient (Wildman–Crippen LogP) is 4.28. The quantitative estimate of drug-likeness (QED) is 0.582. The maximum Gasteiger partial charge on any atom is 0.257 e. The molecule has 7 heteroatoms. The summed E-state index contributed by atoms with van der Waals surface area (Å²) < 4.78 is 0. The van der Waals surface area contributed by atoms with Gasteiger partial charge in [-0.2, -0.15) is 0 Å². The lowest BCUT2D eigenvalue weighted by molar-refractivity contribution is -0.134. The van der Waals surface area contributed by atoms with Gasteiger partial charge in [-0.25, -0.2) is 4.98 Å². The SMILES string of the molecule is O=C(Nc1nc2c(s1)CCC2C(=O)N1CCN(C/C=C/c2ccccc2)CC1)c1ccccc1. The first-order chi connectivity index (χ1) is 16.7. The van der Waals surface area contributed by atoms with Gasteiger partial charge in [-0.15, -0.1) is 11.3 Å². The van der Waals surface area contributed by atoms with Crippen molar-refractivity contribution in [2.45, 2.75) is 18.8 Å². The van der Waals surface area contributed by atoms with Gasteiger partial charge in [0.25, 0.3) is 5.91 Å². The molecular formula is C27H28N4O2S. The van der Waals surface area contributed by atoms with E-state index >= 15 is 0 Å². The van der Waals surface area contributed by atoms with E-state index < -0.39 is 0 Å². The van der Waals surface area contributed by atoms with E-state index in [9.17, 15) is 9.59 Å². The Balaban J connectivity index is 1.15. The summed E-state index contributed by atoms with van der Waals surface area (Å²) in [5.74, 6) is -0.198. The van der Waals surface area contributed by atoms with Gasteiger partial charge in [0.1, 0.15) is 0 Å². The van der Waals surface area contributed by atoms with Gasteiger partial charge in [-0.05, 0) is 30.5 Å². The minimum atomic E-state index is -0.196. The summed E-state index contributed by atoms with van der Waals surface area (Å²) in [5, 5.41) is 3.47. The number of rotatable bonds is 6. The Hall–Kier alpha value is -3.29. The molecule has 1 aromatic heterocycles. The number of amides is 2. The molecule has 1 aliphatic carbocycles. The Bertz CT molecular complexity index is 1170. The van der Waals surface area contributed by atoms with E-state index in [-0.39, 0.29) is 17.7 Å². The number of aromatic nitrogens is 1. The second-order valence-electron chi connectivity index (χ2n) is 8.68. The number of benzene rings is 2. The molecule has 1 aliphatic heterocycles. The Morgan fingerprint density at radius 2 is 1.71 bits per heavy atom. The van der Waals surface area contributed by atoms with Crippen molar-refractivity contribution < 1.29 is 9.59 Å². The van der Waals surface area contributed by atoms with Crippen LogP contribution in [0.3, 0.4) is 0 Å². The molecule has 1 fully saturated rings. The van der Waals surface area contributed by atoms with Gasteiger partial charge in [0.2, 0.25) is 5.91 Å². The lowest BCUT2D eigenvalue weighted by Crippen LogP contribution is -2.49. The van der Waals surface area contributed by atoms with Crippen LogP contribution in [0.25, 0.3) is 6.08 Å². The number of fused-ring (bicyclic) bond motifs is 1. The highest BCUT2D eigenvalue weighted by Crippen LogP contribution is 2.39. The molecule has 1 N–H and O–H groups in total. The van der Waals surface area contributed by atoms with Crippen LogP contribution in [0.4, 0.5) is 5.13 Å². The molecule has 0 bridgehead atoms. The van der Waals surface area contributed by atoms with E-state index in [1.807, 2.05) is 41.3 Å². The predicted molar refractivity (Wildman–Crippen MR) is 136 cm³/mol. The summed E-state index contributed by atoms with van der Waals surface area (Å²) in [6, 6.07) is 19.4. The fourth-order valence-corrected chi connectivity index (χ4v) is 5.59. The number of hydrogen-bond acceptors (Lipinski definition) is 5. The summed E-state index contributed by atoms with van der Waals surface area (Å²) in [7, 11) is 0. The molecule has 174 valence electrons. The number of thiazole rings is 1. The summed E-state index contributed by atoms with van der Waals surface area (Å²) in [4.78, 5) is 35.9. The van der Waals surface area contributed by atoms with Gasteiger partial charge >= 0.3 is 0 Å². The molecule has 0 saturated carbocycles. The Morgan fingerprint density at radius 1 is 1.00 bits per heavy atom. The van der Waals surface area contributed by atoms with Crippen LogP contribution >= 0.6 is 11.3 Å². The van der Waals surface area contributed by atoms with Crippen molar-refractivity contribution >= 4 is 34.4 Å². The number of hydrogen-bond donors (Lipinski definition) is 1. The van der Waals surface area contributed by atoms with E-state index in [4.69, 9.17) is 0 Å². The Morgan fingerprint density at radius 3 is 2.44 bits per heavy atom. The van der Waals surface area contributed by atoms with Crippen LogP contribution in [0.1, 0.15) is 38.8 Å². The Kier molecular flexibility index (Phi) is 6.83. The molecule has 1 unspecified atom stereocenters. The second-order valence-corrected chi connectivity index (χ2v) is 9.76. The third kappa shape index (κ3) is 5.11. The smallest absolute Gasteiger partial charge is 0.257 e. The highest BCUT2D eigenvalue weighted by molar-refractivity contribution is 7.16. The fraction of sp³-hybridized carbons (Fsp3) is 0.296. The van der Waals surface area contributed by atoms with Crippen LogP contribution in [0.2, 0.25) is 0 Å². The number of piperazine rings is 1. The molecule has 34 heavy (non-hydrogen) atoms. The first-order valence-electron chi connectivity index (χ1n) is 11.8. The van der Waals surface area contributed by atoms with Gasteiger partial charge < -0.3 is 4.90 Å². The van der Waals surface area contributed by atoms with Crippen LogP contribution in [0, 0.1) is 0 Å². The minimum absolute atomic E-state index is 0.171. The normalized spacial score (nSPS) is 18.2. The van der Waals surface area contributed by atoms with Crippen molar-refractivity contribution in [3.8, 4) is 0 Å². The number of aryl methyl sites for hydroxylation is 1. The van der Waals surface area contributed by atoms with Gasteiger partial charge in [-0.1, -0.05) is 60.7 Å². The molecule has 3 aromatic rings. The second kappa shape index (κ2) is 10.3. The Labute approximate surface area is 203 Å². The molecule has 1 atom stereocenters. The molecule has 1 saturated heterocycles. The molecule has 2 heterocycles. The summed E-state index contributed by atoms with van der Waals surface area (Å²) in [6.07, 6.45) is 5.99. The van der Waals surface area contributed by atoms with Crippen LogP contribution in [-0.4, -0.2) is 59.3 Å². The highest BCUT2D eigenvalue weighted by atomic mass is 32.1. The number of nitrogens with zero attached hydrogens (tertiary/aromatic N) is 3. The lowest BCUT2D eigenvalue weighted by atomic mass is 10.1. The fourth-order valence-electron chi connectivity index (χ4n) is 4.55. The van der Waals surface area contributed by atoms with Crippen molar-refractivity contribution in [2.24, 2.45) is 0 Å². The van der Waals surface area contributed by atoms with Crippen molar-refractivity contribution in [2.75, 3.05) is 38.0 Å². The van der Waals surface area contributed by atoms with Crippen molar-refractivity contribution in [1.82, 2.24) is 14.8 Å². The van der Waals surface area contributed by atoms with Crippen molar-refractivity contribution in [3.05, 3.63) is 88.4 Å². The molecule has 6 nitrogen and oxygen atoms in total. The largest absolute Gasteiger partial charge is 0.340 e. The third-order valence-electron chi connectivity index (χ3n) is 6.43. The molecule has 5 rings (SSSR count). The zero-order chi connectivity index (χ0) is 23.3. The summed E-state index contributed by atoms with van der Waals surface area (Å²) in [6.45, 7) is 4.12. The molecule has 2 aliphatic rings. The number of anilines is 1. The average molecular weight is 473 g/mol. The number of carbonyl (C=O) groups is 2. The highest BCUT2D eigenvalue weighted by Gasteiger charge is 2.36. The topological polar surface area (TPSA) is 65.5 Å². The van der Waals surface area contributed by atoms with Crippen LogP contribution in [-0.2, 0) is 11.2 Å². The van der Waals surface area contributed by atoms with Gasteiger partial charge in [-0.3, -0.25) is 19.8 Å². The molecule has 2 amide bonds. The minimum Gasteiger partial charge on any atom is -0.340 e. The maximum atomic E-state index is 13.3. The van der Waals surface area contributed by atoms with E-state index in [0.29, 0.717) is 10.7 Å². The zero-order valence-electron chi connectivity index (χ0n) is 19.0. The van der Waals surface area contributed by atoms with Crippen LogP contribution in [0.15, 0.2) is 66.7 Å². The van der Waals surface area contributed by atoms with Gasteiger partial charge in [0, 0.05) is 43.2 Å². The zero-order valence-corrected chi connectivity index (χ0v) is 19.8. The van der Waals surface area contributed by atoms with E-state index in [1.54, 1.807) is 12.1 Å². The van der Waals surface area contributed by atoms with E-state index in [0.717, 1.165) is 56.1 Å². The maximum absolute atomic E-state index is 13.3. The summed E-state index contributed by atoms with van der Waals surface area (Å²) >= 11 is 1.49. The first-order valence-corrected chi connectivity index (χ1v) is 12.6.